The maximum atomic E-state index is 14.3. The van der Waals surface area contributed by atoms with Crippen molar-refractivity contribution in [2.75, 3.05) is 11.4 Å². The van der Waals surface area contributed by atoms with E-state index in [1.54, 1.807) is 17.0 Å². The van der Waals surface area contributed by atoms with Gasteiger partial charge in [0.15, 0.2) is 4.87 Å². The number of aliphatic carboxylic acids is 1. The molecule has 3 heterocycles. The highest BCUT2D eigenvalue weighted by molar-refractivity contribution is 8.02. The van der Waals surface area contributed by atoms with Crippen LogP contribution in [-0.2, 0) is 29.6 Å². The molecule has 2 saturated heterocycles. The first kappa shape index (κ1) is 32.8. The number of thioether (sulfide) groups is 1. The SMILES string of the molecule is NC1(C(=O)C=NOC(c2ccccc2)(c2ccccc2)c2ccccc2)SC2CC(=O)N2C(C(=O)O)=C1C=C1CCN(c2ccccc2)C1=O. The lowest BCUT2D eigenvalue weighted by atomic mass is 9.80. The van der Waals surface area contributed by atoms with Gasteiger partial charge >= 0.3 is 5.97 Å². The number of para-hydroxylation sites is 1. The topological polar surface area (TPSA) is 143 Å². The van der Waals surface area contributed by atoms with Crippen LogP contribution in [0.25, 0.3) is 0 Å². The predicted molar refractivity (Wildman–Crippen MR) is 190 cm³/mol. The van der Waals surface area contributed by atoms with E-state index in [0.717, 1.165) is 39.6 Å². The van der Waals surface area contributed by atoms with Gasteiger partial charge in [0.25, 0.3) is 5.91 Å². The number of hydrogen-bond acceptors (Lipinski definition) is 8. The highest BCUT2D eigenvalue weighted by Crippen LogP contribution is 2.49. The van der Waals surface area contributed by atoms with E-state index in [0.29, 0.717) is 12.2 Å². The van der Waals surface area contributed by atoms with Gasteiger partial charge in [0, 0.05) is 40.1 Å². The van der Waals surface area contributed by atoms with E-state index in [9.17, 15) is 24.3 Å². The molecule has 2 atom stereocenters. The number of nitrogens with two attached hydrogens (primary N) is 1. The van der Waals surface area contributed by atoms with E-state index in [4.69, 9.17) is 10.6 Å². The fourth-order valence-electron chi connectivity index (χ4n) is 6.62. The number of fused-ring (bicyclic) bond motifs is 1. The predicted octanol–water partition coefficient (Wildman–Crippen LogP) is 5.21. The fourth-order valence-corrected chi connectivity index (χ4v) is 8.06. The van der Waals surface area contributed by atoms with Gasteiger partial charge in [-0.3, -0.25) is 19.3 Å². The molecular formula is C39H32N4O6S. The third-order valence-corrected chi connectivity index (χ3v) is 10.5. The monoisotopic (exact) mass is 684 g/mol. The number of rotatable bonds is 10. The van der Waals surface area contributed by atoms with Crippen molar-refractivity contribution in [1.82, 2.24) is 4.90 Å². The molecule has 3 N–H and O–H groups in total. The van der Waals surface area contributed by atoms with Crippen LogP contribution in [0.15, 0.2) is 149 Å². The van der Waals surface area contributed by atoms with Gasteiger partial charge in [0.1, 0.15) is 11.9 Å². The van der Waals surface area contributed by atoms with Gasteiger partial charge in [-0.1, -0.05) is 114 Å². The van der Waals surface area contributed by atoms with Crippen molar-refractivity contribution in [3.63, 3.8) is 0 Å². The zero-order valence-electron chi connectivity index (χ0n) is 26.7. The molecule has 4 aromatic rings. The normalized spacial score (nSPS) is 21.4. The lowest BCUT2D eigenvalue weighted by molar-refractivity contribution is -0.146. The molecule has 2 amide bonds. The molecule has 11 heteroatoms. The largest absolute Gasteiger partial charge is 0.477 e. The smallest absolute Gasteiger partial charge is 0.353 e. The number of benzene rings is 4. The minimum absolute atomic E-state index is 0.00498. The second-order valence-electron chi connectivity index (χ2n) is 12.0. The third-order valence-electron chi connectivity index (χ3n) is 9.10. The number of carbonyl (C=O) groups is 4. The number of anilines is 1. The Morgan fingerprint density at radius 2 is 1.38 bits per heavy atom. The van der Waals surface area contributed by atoms with Gasteiger partial charge in [0.2, 0.25) is 17.3 Å². The Morgan fingerprint density at radius 3 is 1.88 bits per heavy atom. The van der Waals surface area contributed by atoms with Crippen molar-refractivity contribution in [1.29, 1.82) is 0 Å². The van der Waals surface area contributed by atoms with Crippen LogP contribution < -0.4 is 10.6 Å². The average Bonchev–Trinajstić information content (AvgIpc) is 3.51. The van der Waals surface area contributed by atoms with Crippen molar-refractivity contribution in [3.8, 4) is 0 Å². The van der Waals surface area contributed by atoms with Gasteiger partial charge in [-0.05, 0) is 24.6 Å². The first-order valence-electron chi connectivity index (χ1n) is 16.0. The number of carboxylic acid groups (broad SMARTS) is 1. The number of nitrogens with zero attached hydrogens (tertiary/aromatic N) is 3. The van der Waals surface area contributed by atoms with Crippen molar-refractivity contribution in [2.45, 2.75) is 28.7 Å². The Morgan fingerprint density at radius 1 is 0.860 bits per heavy atom. The zero-order chi connectivity index (χ0) is 34.9. The van der Waals surface area contributed by atoms with Gasteiger partial charge in [0.05, 0.1) is 11.8 Å². The molecule has 0 aromatic heterocycles. The summed E-state index contributed by atoms with van der Waals surface area (Å²) in [7, 11) is 0. The number of ketones is 1. The number of hydrogen-bond donors (Lipinski definition) is 2. The summed E-state index contributed by atoms with van der Waals surface area (Å²) >= 11 is 0.949. The number of oxime groups is 1. The van der Waals surface area contributed by atoms with Gasteiger partial charge in [-0.15, -0.1) is 11.8 Å². The maximum Gasteiger partial charge on any atom is 0.353 e. The summed E-state index contributed by atoms with van der Waals surface area (Å²) in [5, 5.41) is 14.0. The molecule has 0 radical (unpaired) electrons. The number of Topliss-reactive ketones (excluding diaryl/α,β-unsaturated/α-hetero) is 1. The molecule has 0 saturated carbocycles. The molecule has 4 aromatic carbocycles. The molecule has 3 aliphatic heterocycles. The quantitative estimate of drug-likeness (QED) is 0.0762. The van der Waals surface area contributed by atoms with Crippen LogP contribution in [-0.4, -0.2) is 56.6 Å². The fraction of sp³-hybridized carbons (Fsp3) is 0.154. The zero-order valence-corrected chi connectivity index (χ0v) is 27.5. The minimum atomic E-state index is -2.01. The molecule has 0 spiro atoms. The Labute approximate surface area is 292 Å². The molecule has 3 aliphatic rings. The second kappa shape index (κ2) is 13.3. The van der Waals surface area contributed by atoms with Crippen molar-refractivity contribution in [2.24, 2.45) is 10.9 Å². The van der Waals surface area contributed by atoms with Crippen LogP contribution in [0.3, 0.4) is 0 Å². The number of carbonyl (C=O) groups excluding carboxylic acids is 3. The van der Waals surface area contributed by atoms with Crippen molar-refractivity contribution in [3.05, 3.63) is 161 Å². The Bertz CT molecular complexity index is 1960. The van der Waals surface area contributed by atoms with Crippen LogP contribution >= 0.6 is 11.8 Å². The van der Waals surface area contributed by atoms with E-state index in [1.165, 1.54) is 6.08 Å². The summed E-state index contributed by atoms with van der Waals surface area (Å²) in [6, 6.07) is 37.5. The van der Waals surface area contributed by atoms with Gasteiger partial charge < -0.3 is 20.6 Å². The first-order valence-corrected chi connectivity index (χ1v) is 16.9. The first-order chi connectivity index (χ1) is 24.2. The summed E-state index contributed by atoms with van der Waals surface area (Å²) in [5.74, 6) is -2.96. The molecule has 2 fully saturated rings. The average molecular weight is 685 g/mol. The number of carboxylic acids is 1. The molecule has 7 rings (SSSR count). The van der Waals surface area contributed by atoms with Crippen LogP contribution in [0.2, 0.25) is 0 Å². The molecule has 250 valence electrons. The Balaban J connectivity index is 1.29. The summed E-state index contributed by atoms with van der Waals surface area (Å²) in [4.78, 5) is 60.4. The lowest BCUT2D eigenvalue weighted by Gasteiger charge is -2.49. The summed E-state index contributed by atoms with van der Waals surface area (Å²) in [6.07, 6.45) is 2.60. The summed E-state index contributed by atoms with van der Waals surface area (Å²) < 4.78 is 0. The Kier molecular flexibility index (Phi) is 8.69. The lowest BCUT2D eigenvalue weighted by Crippen LogP contribution is -2.62. The minimum Gasteiger partial charge on any atom is -0.477 e. The van der Waals surface area contributed by atoms with E-state index in [1.807, 2.05) is 109 Å². The van der Waals surface area contributed by atoms with E-state index < -0.39 is 39.2 Å². The van der Waals surface area contributed by atoms with E-state index >= 15 is 0 Å². The second-order valence-corrected chi connectivity index (χ2v) is 13.4. The number of β-lactam (4-membered cyclic amide) rings is 1. The third kappa shape index (κ3) is 5.60. The highest BCUT2D eigenvalue weighted by Gasteiger charge is 2.56. The molecule has 10 nitrogen and oxygen atoms in total. The molecule has 0 bridgehead atoms. The molecule has 0 aliphatic carbocycles. The van der Waals surface area contributed by atoms with Crippen LogP contribution in [0, 0.1) is 0 Å². The van der Waals surface area contributed by atoms with Gasteiger partial charge in [-0.25, -0.2) is 4.79 Å². The molecule has 2 unspecified atom stereocenters. The summed E-state index contributed by atoms with van der Waals surface area (Å²) in [5.41, 5.74) is 8.24. The van der Waals surface area contributed by atoms with Crippen LogP contribution in [0.4, 0.5) is 5.69 Å². The van der Waals surface area contributed by atoms with Crippen molar-refractivity contribution >= 4 is 47.2 Å². The highest BCUT2D eigenvalue weighted by atomic mass is 32.2. The van der Waals surface area contributed by atoms with E-state index in [-0.39, 0.29) is 29.9 Å². The Hall–Kier alpha value is -5.78. The molecular weight excluding hydrogens is 653 g/mol. The maximum absolute atomic E-state index is 14.3. The van der Waals surface area contributed by atoms with Crippen LogP contribution in [0.5, 0.6) is 0 Å². The van der Waals surface area contributed by atoms with E-state index in [2.05, 4.69) is 5.16 Å². The van der Waals surface area contributed by atoms with Crippen LogP contribution in [0.1, 0.15) is 29.5 Å². The standard InChI is InChI=1S/C39H32N4O6S/c40-39(32(44)25-41-49-38(27-13-5-1-6-14-27,28-15-7-2-8-16-28)29-17-9-3-10-18-29)31(35(37(47)48)43-33(45)24-34(43)50-39)23-26-21-22-42(36(26)46)30-19-11-4-12-20-30/h1-20,23,25,34H,21-22,24,40H2,(H,47,48). The summed E-state index contributed by atoms with van der Waals surface area (Å²) in [6.45, 7) is 0.351. The number of amides is 2. The van der Waals surface area contributed by atoms with Gasteiger partial charge in [-0.2, -0.15) is 0 Å². The molecule has 50 heavy (non-hydrogen) atoms. The van der Waals surface area contributed by atoms with Crippen molar-refractivity contribution < 1.29 is 29.1 Å².